The van der Waals surface area contributed by atoms with Gasteiger partial charge in [-0.15, -0.1) is 0 Å². The van der Waals surface area contributed by atoms with Crippen LogP contribution in [0, 0.1) is 23.7 Å². The molecule has 0 unspecified atom stereocenters. The standard InChI is InChI=1S/C34H24N2O4/c35-29-21-26(15-18-31(29)37)39-33-20-14-25(13-11-23-7-3-1-4-8-23)34(40-27-16-19-32(38)30(36)22-27)28(33)17-12-24-9-5-2-6-10-24/h1-10,14-16,18-22,37-38H,35-36H2. The molecule has 0 saturated heterocycles. The minimum Gasteiger partial charge on any atom is -0.506 e. The summed E-state index contributed by atoms with van der Waals surface area (Å²) in [6, 6.07) is 31.8. The van der Waals surface area contributed by atoms with Gasteiger partial charge >= 0.3 is 0 Å². The fourth-order valence-electron chi connectivity index (χ4n) is 3.73. The SMILES string of the molecule is Nc1cc(Oc2ccc(C#Cc3ccccc3)c(Oc3ccc(O)c(N)c3)c2C#Cc2ccccc2)ccc1O. The van der Waals surface area contributed by atoms with Crippen molar-refractivity contribution in [1.29, 1.82) is 0 Å². The largest absolute Gasteiger partial charge is 0.506 e. The van der Waals surface area contributed by atoms with Crippen LogP contribution in [0.5, 0.6) is 34.5 Å². The lowest BCUT2D eigenvalue weighted by molar-refractivity contribution is 0.451. The van der Waals surface area contributed by atoms with Crippen molar-refractivity contribution in [2.45, 2.75) is 0 Å². The van der Waals surface area contributed by atoms with E-state index < -0.39 is 0 Å². The van der Waals surface area contributed by atoms with Crippen molar-refractivity contribution >= 4 is 11.4 Å². The van der Waals surface area contributed by atoms with E-state index in [1.54, 1.807) is 24.3 Å². The summed E-state index contributed by atoms with van der Waals surface area (Å²) in [5.74, 6) is 14.1. The highest BCUT2D eigenvalue weighted by molar-refractivity contribution is 5.67. The number of ether oxygens (including phenoxy) is 2. The third-order valence-corrected chi connectivity index (χ3v) is 5.79. The van der Waals surface area contributed by atoms with E-state index in [2.05, 4.69) is 23.7 Å². The van der Waals surface area contributed by atoms with E-state index in [4.69, 9.17) is 20.9 Å². The average Bonchev–Trinajstić information content (AvgIpc) is 2.97. The molecule has 6 nitrogen and oxygen atoms in total. The summed E-state index contributed by atoms with van der Waals surface area (Å²) in [6.07, 6.45) is 0. The third-order valence-electron chi connectivity index (χ3n) is 5.79. The first-order chi connectivity index (χ1) is 19.5. The van der Waals surface area contributed by atoms with Crippen LogP contribution < -0.4 is 20.9 Å². The van der Waals surface area contributed by atoms with Gasteiger partial charge in [-0.05, 0) is 60.7 Å². The number of rotatable bonds is 4. The van der Waals surface area contributed by atoms with E-state index in [0.29, 0.717) is 34.1 Å². The molecule has 6 N–H and O–H groups in total. The second kappa shape index (κ2) is 11.6. The molecule has 6 heteroatoms. The molecule has 194 valence electrons. The Morgan fingerprint density at radius 2 is 1.05 bits per heavy atom. The van der Waals surface area contributed by atoms with Crippen molar-refractivity contribution in [3.63, 3.8) is 0 Å². The molecule has 0 aromatic heterocycles. The zero-order valence-electron chi connectivity index (χ0n) is 21.3. The molecule has 0 bridgehead atoms. The van der Waals surface area contributed by atoms with E-state index >= 15 is 0 Å². The average molecular weight is 525 g/mol. The van der Waals surface area contributed by atoms with E-state index in [1.807, 2.05) is 60.7 Å². The molecule has 0 aliphatic rings. The molecule has 5 aromatic carbocycles. The van der Waals surface area contributed by atoms with Crippen molar-refractivity contribution < 1.29 is 19.7 Å². The van der Waals surface area contributed by atoms with Crippen LogP contribution in [-0.2, 0) is 0 Å². The van der Waals surface area contributed by atoms with Crippen LogP contribution in [0.4, 0.5) is 11.4 Å². The Morgan fingerprint density at radius 3 is 1.60 bits per heavy atom. The fourth-order valence-corrected chi connectivity index (χ4v) is 3.73. The Bertz CT molecular complexity index is 1800. The van der Waals surface area contributed by atoms with Crippen LogP contribution in [0.15, 0.2) is 109 Å². The lowest BCUT2D eigenvalue weighted by atomic mass is 10.1. The summed E-state index contributed by atoms with van der Waals surface area (Å²) in [5, 5.41) is 19.8. The number of aromatic hydroxyl groups is 2. The van der Waals surface area contributed by atoms with Gasteiger partial charge < -0.3 is 31.2 Å². The number of anilines is 2. The number of benzene rings is 5. The van der Waals surface area contributed by atoms with Gasteiger partial charge in [0, 0.05) is 23.3 Å². The maximum Gasteiger partial charge on any atom is 0.162 e. The highest BCUT2D eigenvalue weighted by Crippen LogP contribution is 2.39. The van der Waals surface area contributed by atoms with Gasteiger partial charge in [0.2, 0.25) is 0 Å². The topological polar surface area (TPSA) is 111 Å². The maximum absolute atomic E-state index is 9.92. The molecule has 5 rings (SSSR count). The third kappa shape index (κ3) is 6.11. The van der Waals surface area contributed by atoms with Crippen molar-refractivity contribution in [3.05, 3.63) is 131 Å². The first-order valence-electron chi connectivity index (χ1n) is 12.3. The van der Waals surface area contributed by atoms with Crippen LogP contribution in [0.25, 0.3) is 0 Å². The lowest BCUT2D eigenvalue weighted by Crippen LogP contribution is -1.98. The Balaban J connectivity index is 1.69. The second-order valence-electron chi connectivity index (χ2n) is 8.69. The molecule has 0 aliphatic heterocycles. The lowest BCUT2D eigenvalue weighted by Gasteiger charge is -2.15. The molecule has 0 spiro atoms. The first-order valence-corrected chi connectivity index (χ1v) is 12.3. The zero-order valence-corrected chi connectivity index (χ0v) is 21.3. The molecule has 0 radical (unpaired) electrons. The Hall–Kier alpha value is -5.98. The summed E-state index contributed by atoms with van der Waals surface area (Å²) in [5.41, 5.74) is 14.8. The molecule has 5 aromatic rings. The molecular weight excluding hydrogens is 500 g/mol. The smallest absolute Gasteiger partial charge is 0.162 e. The number of nitrogen functional groups attached to an aromatic ring is 2. The molecule has 0 fully saturated rings. The number of nitrogens with two attached hydrogens (primary N) is 2. The normalized spacial score (nSPS) is 10.0. The number of hydrogen-bond donors (Lipinski definition) is 4. The summed E-state index contributed by atoms with van der Waals surface area (Å²) in [7, 11) is 0. The van der Waals surface area contributed by atoms with Gasteiger partial charge in [-0.3, -0.25) is 0 Å². The molecule has 0 amide bonds. The van der Waals surface area contributed by atoms with Gasteiger partial charge in [0.05, 0.1) is 16.9 Å². The van der Waals surface area contributed by atoms with E-state index in [0.717, 1.165) is 11.1 Å². The molecule has 0 heterocycles. The predicted octanol–water partition coefficient (Wildman–Crippen LogP) is 6.65. The van der Waals surface area contributed by atoms with Gasteiger partial charge in [0.25, 0.3) is 0 Å². The summed E-state index contributed by atoms with van der Waals surface area (Å²) in [4.78, 5) is 0. The van der Waals surface area contributed by atoms with Crippen LogP contribution >= 0.6 is 0 Å². The van der Waals surface area contributed by atoms with Crippen molar-refractivity contribution in [3.8, 4) is 58.2 Å². The molecule has 0 saturated carbocycles. The minimum absolute atomic E-state index is 0.0445. The quantitative estimate of drug-likeness (QED) is 0.119. The number of phenols is 2. The van der Waals surface area contributed by atoms with Crippen LogP contribution in [-0.4, -0.2) is 10.2 Å². The summed E-state index contributed by atoms with van der Waals surface area (Å²) < 4.78 is 12.5. The Labute approximate surface area is 232 Å². The van der Waals surface area contributed by atoms with Gasteiger partial charge in [0.15, 0.2) is 5.75 Å². The van der Waals surface area contributed by atoms with Gasteiger partial charge in [-0.2, -0.15) is 0 Å². The molecule has 40 heavy (non-hydrogen) atoms. The highest BCUT2D eigenvalue weighted by atomic mass is 16.5. The van der Waals surface area contributed by atoms with Gasteiger partial charge in [-0.1, -0.05) is 60.1 Å². The van der Waals surface area contributed by atoms with Crippen LogP contribution in [0.3, 0.4) is 0 Å². The van der Waals surface area contributed by atoms with E-state index in [-0.39, 0.29) is 22.9 Å². The first kappa shape index (κ1) is 25.7. The number of hydrogen-bond acceptors (Lipinski definition) is 6. The van der Waals surface area contributed by atoms with Crippen molar-refractivity contribution in [2.24, 2.45) is 0 Å². The van der Waals surface area contributed by atoms with Crippen molar-refractivity contribution in [2.75, 3.05) is 11.5 Å². The van der Waals surface area contributed by atoms with Gasteiger partial charge in [0.1, 0.15) is 34.3 Å². The molecular formula is C34H24N2O4. The van der Waals surface area contributed by atoms with E-state index in [1.165, 1.54) is 24.3 Å². The Morgan fingerprint density at radius 1 is 0.525 bits per heavy atom. The van der Waals surface area contributed by atoms with Gasteiger partial charge in [-0.25, -0.2) is 0 Å². The van der Waals surface area contributed by atoms with Crippen molar-refractivity contribution in [1.82, 2.24) is 0 Å². The molecule has 0 aliphatic carbocycles. The second-order valence-corrected chi connectivity index (χ2v) is 8.69. The summed E-state index contributed by atoms with van der Waals surface area (Å²) in [6.45, 7) is 0. The minimum atomic E-state index is -0.0532. The van der Waals surface area contributed by atoms with Crippen LogP contribution in [0.2, 0.25) is 0 Å². The Kier molecular flexibility index (Phi) is 7.44. The van der Waals surface area contributed by atoms with E-state index in [9.17, 15) is 10.2 Å². The zero-order chi connectivity index (χ0) is 27.9. The number of phenolic OH excluding ortho intramolecular Hbond substituents is 2. The molecule has 0 atom stereocenters. The maximum atomic E-state index is 9.92. The fraction of sp³-hybridized carbons (Fsp3) is 0. The predicted molar refractivity (Wildman–Crippen MR) is 156 cm³/mol. The monoisotopic (exact) mass is 524 g/mol. The highest BCUT2D eigenvalue weighted by Gasteiger charge is 2.17. The van der Waals surface area contributed by atoms with Crippen LogP contribution in [0.1, 0.15) is 22.3 Å². The summed E-state index contributed by atoms with van der Waals surface area (Å²) >= 11 is 0.